The van der Waals surface area contributed by atoms with Crippen LogP contribution in [-0.2, 0) is 13.1 Å². The van der Waals surface area contributed by atoms with Crippen LogP contribution < -0.4 is 10.1 Å². The van der Waals surface area contributed by atoms with Crippen LogP contribution in [0.15, 0.2) is 34.6 Å². The minimum Gasteiger partial charge on any atom is -0.484 e. The van der Waals surface area contributed by atoms with Gasteiger partial charge in [-0.2, -0.15) is 13.2 Å². The molecule has 1 N–H and O–H groups in total. The van der Waals surface area contributed by atoms with Crippen LogP contribution in [0.3, 0.4) is 0 Å². The number of guanidine groups is 1. The monoisotopic (exact) mass is 528 g/mol. The molecular formula is C18H24F3IN4OS. The number of benzene rings is 1. The second-order valence-electron chi connectivity index (χ2n) is 5.90. The van der Waals surface area contributed by atoms with E-state index in [9.17, 15) is 13.2 Å². The van der Waals surface area contributed by atoms with Gasteiger partial charge in [0.15, 0.2) is 12.6 Å². The second kappa shape index (κ2) is 11.4. The summed E-state index contributed by atoms with van der Waals surface area (Å²) < 4.78 is 42.2. The van der Waals surface area contributed by atoms with Crippen LogP contribution in [0.2, 0.25) is 0 Å². The first-order chi connectivity index (χ1) is 12.8. The number of halogens is 4. The lowest BCUT2D eigenvalue weighted by Gasteiger charge is -2.21. The molecule has 5 nitrogen and oxygen atoms in total. The number of thiazole rings is 1. The van der Waals surface area contributed by atoms with Gasteiger partial charge in [0.25, 0.3) is 0 Å². The molecule has 0 radical (unpaired) electrons. The van der Waals surface area contributed by atoms with Gasteiger partial charge in [-0.05, 0) is 19.9 Å². The third kappa shape index (κ3) is 8.21. The number of ether oxygens (including phenoxy) is 1. The molecule has 2 aromatic rings. The van der Waals surface area contributed by atoms with Gasteiger partial charge < -0.3 is 15.0 Å². The summed E-state index contributed by atoms with van der Waals surface area (Å²) >= 11 is 1.58. The molecule has 0 aliphatic heterocycles. The zero-order valence-corrected chi connectivity index (χ0v) is 19.1. The highest BCUT2D eigenvalue weighted by Crippen LogP contribution is 2.23. The maximum absolute atomic E-state index is 12.4. The number of aryl methyl sites for hydroxylation is 1. The lowest BCUT2D eigenvalue weighted by atomic mass is 10.2. The van der Waals surface area contributed by atoms with Gasteiger partial charge in [0.2, 0.25) is 0 Å². The van der Waals surface area contributed by atoms with Crippen LogP contribution in [0.5, 0.6) is 5.75 Å². The Morgan fingerprint density at radius 1 is 1.32 bits per heavy atom. The summed E-state index contributed by atoms with van der Waals surface area (Å²) in [4.78, 5) is 10.9. The van der Waals surface area contributed by atoms with Crippen LogP contribution in [0.4, 0.5) is 13.2 Å². The molecule has 10 heteroatoms. The molecule has 0 atom stereocenters. The zero-order chi connectivity index (χ0) is 19.9. The van der Waals surface area contributed by atoms with E-state index in [0.29, 0.717) is 24.6 Å². The topological polar surface area (TPSA) is 49.8 Å². The van der Waals surface area contributed by atoms with Crippen LogP contribution in [0.1, 0.15) is 23.2 Å². The van der Waals surface area contributed by atoms with E-state index in [1.807, 2.05) is 31.2 Å². The van der Waals surface area contributed by atoms with Gasteiger partial charge in [-0.15, -0.1) is 35.3 Å². The normalized spacial score (nSPS) is 11.7. The molecule has 1 aromatic heterocycles. The van der Waals surface area contributed by atoms with Crippen molar-refractivity contribution in [2.75, 3.05) is 20.2 Å². The van der Waals surface area contributed by atoms with Gasteiger partial charge in [-0.1, -0.05) is 18.2 Å². The predicted molar refractivity (Wildman–Crippen MR) is 117 cm³/mol. The fourth-order valence-electron chi connectivity index (χ4n) is 2.36. The first-order valence-corrected chi connectivity index (χ1v) is 9.34. The molecule has 28 heavy (non-hydrogen) atoms. The Balaban J connectivity index is 0.00000392. The van der Waals surface area contributed by atoms with Gasteiger partial charge in [-0.3, -0.25) is 0 Å². The van der Waals surface area contributed by atoms with Crippen LogP contribution >= 0.6 is 35.3 Å². The number of rotatable bonds is 7. The largest absolute Gasteiger partial charge is 0.484 e. The summed E-state index contributed by atoms with van der Waals surface area (Å²) in [6.07, 6.45) is -4.38. The summed E-state index contributed by atoms with van der Waals surface area (Å²) in [6.45, 7) is 4.05. The minimum absolute atomic E-state index is 0. The molecule has 2 rings (SSSR count). The molecule has 1 aromatic carbocycles. The summed E-state index contributed by atoms with van der Waals surface area (Å²) in [5, 5.41) is 6.18. The fourth-order valence-corrected chi connectivity index (χ4v) is 2.97. The molecule has 0 unspecified atom stereocenters. The first-order valence-electron chi connectivity index (χ1n) is 8.46. The van der Waals surface area contributed by atoms with Crippen LogP contribution in [0, 0.1) is 6.92 Å². The third-order valence-electron chi connectivity index (χ3n) is 3.53. The Labute approximate surface area is 184 Å². The van der Waals surface area contributed by atoms with Gasteiger partial charge >= 0.3 is 6.18 Å². The fraction of sp³-hybridized carbons (Fsp3) is 0.444. The average Bonchev–Trinajstić information content (AvgIpc) is 3.01. The molecule has 0 spiro atoms. The minimum atomic E-state index is -4.38. The van der Waals surface area contributed by atoms with Crippen LogP contribution in [-0.4, -0.2) is 42.2 Å². The molecule has 1 heterocycles. The van der Waals surface area contributed by atoms with E-state index >= 15 is 0 Å². The Bertz CT molecular complexity index is 767. The number of para-hydroxylation sites is 1. The molecule has 0 fully saturated rings. The molecule has 0 aliphatic carbocycles. The average molecular weight is 528 g/mol. The van der Waals surface area contributed by atoms with Crippen molar-refractivity contribution in [3.8, 4) is 5.75 Å². The van der Waals surface area contributed by atoms with E-state index in [0.717, 1.165) is 10.7 Å². The standard InChI is InChI=1S/C18H23F3N4OS.HI/c1-4-22-17(25(3)10-15-11-27-13(2)24-15)23-9-14-7-5-6-8-16(14)26-12-18(19,20)21;/h5-8,11H,4,9-10,12H2,1-3H3,(H,22,23);1H. The van der Waals surface area contributed by atoms with E-state index in [4.69, 9.17) is 4.74 Å². The Morgan fingerprint density at radius 3 is 2.64 bits per heavy atom. The Kier molecular flexibility index (Phi) is 10.0. The van der Waals surface area contributed by atoms with Gasteiger partial charge in [0, 0.05) is 24.5 Å². The van der Waals surface area contributed by atoms with E-state index in [1.54, 1.807) is 29.5 Å². The quantitative estimate of drug-likeness (QED) is 0.324. The lowest BCUT2D eigenvalue weighted by molar-refractivity contribution is -0.153. The van der Waals surface area contributed by atoms with E-state index in [-0.39, 0.29) is 36.3 Å². The number of aliphatic imine (C=N–C) groups is 1. The maximum Gasteiger partial charge on any atom is 0.422 e. The molecule has 0 aliphatic rings. The molecule has 0 saturated carbocycles. The number of nitrogens with one attached hydrogen (secondary N) is 1. The molecule has 0 bridgehead atoms. The molecule has 0 saturated heterocycles. The number of hydrogen-bond donors (Lipinski definition) is 1. The summed E-state index contributed by atoms with van der Waals surface area (Å²) in [6, 6.07) is 6.62. The van der Waals surface area contributed by atoms with Crippen molar-refractivity contribution in [2.45, 2.75) is 33.1 Å². The van der Waals surface area contributed by atoms with Crippen molar-refractivity contribution in [2.24, 2.45) is 4.99 Å². The smallest absolute Gasteiger partial charge is 0.422 e. The zero-order valence-electron chi connectivity index (χ0n) is 15.9. The number of hydrogen-bond acceptors (Lipinski definition) is 4. The summed E-state index contributed by atoms with van der Waals surface area (Å²) in [7, 11) is 1.89. The highest BCUT2D eigenvalue weighted by molar-refractivity contribution is 14.0. The van der Waals surface area contributed by atoms with Crippen molar-refractivity contribution in [3.05, 3.63) is 45.9 Å². The lowest BCUT2D eigenvalue weighted by Crippen LogP contribution is -2.38. The van der Waals surface area contributed by atoms with Gasteiger partial charge in [0.05, 0.1) is 23.8 Å². The highest BCUT2D eigenvalue weighted by Gasteiger charge is 2.28. The van der Waals surface area contributed by atoms with Gasteiger partial charge in [0.1, 0.15) is 5.75 Å². The van der Waals surface area contributed by atoms with Crippen molar-refractivity contribution in [3.63, 3.8) is 0 Å². The maximum atomic E-state index is 12.4. The Morgan fingerprint density at radius 2 is 2.04 bits per heavy atom. The Hall–Kier alpha value is -1.56. The second-order valence-corrected chi connectivity index (χ2v) is 6.96. The van der Waals surface area contributed by atoms with E-state index in [2.05, 4.69) is 15.3 Å². The van der Waals surface area contributed by atoms with Crippen molar-refractivity contribution >= 4 is 41.3 Å². The third-order valence-corrected chi connectivity index (χ3v) is 4.35. The van der Waals surface area contributed by atoms with E-state index < -0.39 is 12.8 Å². The molecular weight excluding hydrogens is 504 g/mol. The molecule has 156 valence electrons. The van der Waals surface area contributed by atoms with Crippen molar-refractivity contribution < 1.29 is 17.9 Å². The SMILES string of the molecule is CCNC(=NCc1ccccc1OCC(F)(F)F)N(C)Cc1csc(C)n1.I. The predicted octanol–water partition coefficient (Wildman–Crippen LogP) is 4.61. The van der Waals surface area contributed by atoms with Crippen molar-refractivity contribution in [1.29, 1.82) is 0 Å². The van der Waals surface area contributed by atoms with Crippen LogP contribution in [0.25, 0.3) is 0 Å². The number of nitrogens with zero attached hydrogens (tertiary/aromatic N) is 3. The number of aromatic nitrogens is 1. The van der Waals surface area contributed by atoms with E-state index in [1.165, 1.54) is 6.07 Å². The van der Waals surface area contributed by atoms with Crippen molar-refractivity contribution in [1.82, 2.24) is 15.2 Å². The summed E-state index contributed by atoms with van der Waals surface area (Å²) in [5.74, 6) is 0.834. The summed E-state index contributed by atoms with van der Waals surface area (Å²) in [5.41, 5.74) is 1.54. The molecule has 0 amide bonds. The number of alkyl halides is 3. The highest BCUT2D eigenvalue weighted by atomic mass is 127. The van der Waals surface area contributed by atoms with Gasteiger partial charge in [-0.25, -0.2) is 9.98 Å². The first kappa shape index (κ1) is 24.5.